The summed E-state index contributed by atoms with van der Waals surface area (Å²) >= 11 is 5.59. The minimum absolute atomic E-state index is 0.242. The number of carboxylic acids is 1. The summed E-state index contributed by atoms with van der Waals surface area (Å²) in [6.07, 6.45) is 0. The molecule has 1 aromatic rings. The fraction of sp³-hybridized carbons (Fsp3) is 0.273. The van der Waals surface area contributed by atoms with Gasteiger partial charge < -0.3 is 10.8 Å². The van der Waals surface area contributed by atoms with Crippen molar-refractivity contribution in [3.05, 3.63) is 28.5 Å². The van der Waals surface area contributed by atoms with E-state index in [1.807, 2.05) is 0 Å². The highest BCUT2D eigenvalue weighted by atomic mass is 35.5. The van der Waals surface area contributed by atoms with Crippen molar-refractivity contribution in [2.45, 2.75) is 11.8 Å². The molecule has 110 valence electrons. The molecule has 20 heavy (non-hydrogen) atoms. The maximum absolute atomic E-state index is 13.9. The van der Waals surface area contributed by atoms with E-state index in [2.05, 4.69) is 0 Å². The van der Waals surface area contributed by atoms with Gasteiger partial charge in [-0.25, -0.2) is 17.6 Å². The lowest BCUT2D eigenvalue weighted by Crippen LogP contribution is -2.28. The fourth-order valence-electron chi connectivity index (χ4n) is 1.45. The lowest BCUT2D eigenvalue weighted by molar-refractivity contribution is -0.120. The number of hydrogen-bond donors (Lipinski definition) is 2. The van der Waals surface area contributed by atoms with Gasteiger partial charge in [-0.2, -0.15) is 0 Å². The van der Waals surface area contributed by atoms with Gasteiger partial charge in [0.05, 0.1) is 11.3 Å². The fourth-order valence-corrected chi connectivity index (χ4v) is 3.42. The van der Waals surface area contributed by atoms with E-state index in [0.29, 0.717) is 0 Å². The summed E-state index contributed by atoms with van der Waals surface area (Å²) in [5, 5.41) is 8.54. The summed E-state index contributed by atoms with van der Waals surface area (Å²) in [6, 6.07) is 1.60. The van der Waals surface area contributed by atoms with Crippen LogP contribution in [0.25, 0.3) is 0 Å². The second-order valence-electron chi connectivity index (χ2n) is 4.16. The molecule has 0 radical (unpaired) electrons. The molecule has 0 aliphatic carbocycles. The van der Waals surface area contributed by atoms with Crippen molar-refractivity contribution in [3.63, 3.8) is 0 Å². The highest BCUT2D eigenvalue weighted by Crippen LogP contribution is 2.25. The molecule has 9 heteroatoms. The monoisotopic (exact) mass is 323 g/mol. The van der Waals surface area contributed by atoms with Gasteiger partial charge in [-0.05, 0) is 12.1 Å². The number of carbonyl (C=O) groups is 2. The highest BCUT2D eigenvalue weighted by Gasteiger charge is 2.28. The van der Waals surface area contributed by atoms with E-state index in [1.54, 1.807) is 0 Å². The predicted molar refractivity (Wildman–Crippen MR) is 68.8 cm³/mol. The third-order valence-electron chi connectivity index (χ3n) is 2.52. The third-order valence-corrected chi connectivity index (χ3v) is 4.65. The minimum atomic E-state index is -4.24. The number of primary amides is 1. The maximum Gasteiger partial charge on any atom is 0.338 e. The summed E-state index contributed by atoms with van der Waals surface area (Å²) in [5.41, 5.74) is 4.09. The molecule has 0 aliphatic heterocycles. The predicted octanol–water partition coefficient (Wildman–Crippen LogP) is 1.07. The molecule has 0 saturated carbocycles. The van der Waals surface area contributed by atoms with Gasteiger partial charge in [-0.15, -0.1) is 0 Å². The molecular weight excluding hydrogens is 313 g/mol. The number of aromatic carboxylic acids is 1. The van der Waals surface area contributed by atoms with Gasteiger partial charge >= 0.3 is 5.97 Å². The number of rotatable bonds is 5. The summed E-state index contributed by atoms with van der Waals surface area (Å²) in [7, 11) is -4.24. The molecular formula is C11H11ClFNO5S. The van der Waals surface area contributed by atoms with E-state index in [9.17, 15) is 22.4 Å². The molecule has 0 spiro atoms. The molecule has 0 aliphatic rings. The molecule has 1 unspecified atom stereocenters. The van der Waals surface area contributed by atoms with Gasteiger partial charge in [0.15, 0.2) is 15.7 Å². The topological polar surface area (TPSA) is 115 Å². The SMILES string of the molecule is CC(CS(=O)(=O)c1cc(Cl)cc(C(=O)O)c1F)C(N)=O. The molecule has 3 N–H and O–H groups in total. The van der Waals surface area contributed by atoms with Gasteiger partial charge in [0.2, 0.25) is 5.91 Å². The quantitative estimate of drug-likeness (QED) is 0.841. The Morgan fingerprint density at radius 1 is 1.45 bits per heavy atom. The Hall–Kier alpha value is -1.67. The van der Waals surface area contributed by atoms with E-state index in [-0.39, 0.29) is 5.02 Å². The molecule has 1 rings (SSSR count). The van der Waals surface area contributed by atoms with E-state index < -0.39 is 49.7 Å². The Kier molecular flexibility index (Phi) is 4.72. The number of amides is 1. The molecule has 0 bridgehead atoms. The van der Waals surface area contributed by atoms with E-state index >= 15 is 0 Å². The Labute approximate surface area is 119 Å². The van der Waals surface area contributed by atoms with Crippen molar-refractivity contribution in [1.82, 2.24) is 0 Å². The first-order valence-electron chi connectivity index (χ1n) is 5.30. The van der Waals surface area contributed by atoms with Gasteiger partial charge in [-0.1, -0.05) is 18.5 Å². The first-order chi connectivity index (χ1) is 9.06. The van der Waals surface area contributed by atoms with Crippen LogP contribution in [0.5, 0.6) is 0 Å². The number of hydrogen-bond acceptors (Lipinski definition) is 4. The summed E-state index contributed by atoms with van der Waals surface area (Å²) in [5.74, 6) is -5.72. The van der Waals surface area contributed by atoms with Crippen LogP contribution in [0.4, 0.5) is 4.39 Å². The van der Waals surface area contributed by atoms with Crippen LogP contribution in [0, 0.1) is 11.7 Å². The van der Waals surface area contributed by atoms with Crippen molar-refractivity contribution in [2.24, 2.45) is 11.7 Å². The molecule has 0 aromatic heterocycles. The number of sulfone groups is 1. The zero-order valence-corrected chi connectivity index (χ0v) is 11.8. The van der Waals surface area contributed by atoms with Gasteiger partial charge in [-0.3, -0.25) is 4.79 Å². The largest absolute Gasteiger partial charge is 0.478 e. The number of carbonyl (C=O) groups excluding carboxylic acids is 1. The Morgan fingerprint density at radius 3 is 2.45 bits per heavy atom. The molecule has 0 fully saturated rings. The number of benzene rings is 1. The standard InChI is InChI=1S/C11H11ClFNO5S/c1-5(10(14)15)4-20(18,19)8-3-6(12)2-7(9(8)13)11(16)17/h2-3,5H,4H2,1H3,(H2,14,15)(H,16,17). The van der Waals surface area contributed by atoms with Crippen LogP contribution < -0.4 is 5.73 Å². The first-order valence-corrected chi connectivity index (χ1v) is 7.33. The second-order valence-corrected chi connectivity index (χ2v) is 6.59. The van der Waals surface area contributed by atoms with E-state index in [0.717, 1.165) is 12.1 Å². The Bertz CT molecular complexity index is 674. The summed E-state index contributed by atoms with van der Waals surface area (Å²) < 4.78 is 37.9. The average molecular weight is 324 g/mol. The molecule has 1 aromatic carbocycles. The van der Waals surface area contributed by atoms with Gasteiger partial charge in [0, 0.05) is 10.9 Å². The lowest BCUT2D eigenvalue weighted by atomic mass is 10.2. The number of nitrogens with two attached hydrogens (primary N) is 1. The zero-order valence-electron chi connectivity index (χ0n) is 10.3. The zero-order chi connectivity index (χ0) is 15.7. The van der Waals surface area contributed by atoms with Crippen LogP contribution in [0.3, 0.4) is 0 Å². The molecule has 1 atom stereocenters. The van der Waals surface area contributed by atoms with Crippen molar-refractivity contribution < 1.29 is 27.5 Å². The van der Waals surface area contributed by atoms with Crippen LogP contribution in [-0.2, 0) is 14.6 Å². The average Bonchev–Trinajstić information content (AvgIpc) is 2.30. The van der Waals surface area contributed by atoms with Crippen LogP contribution in [-0.4, -0.2) is 31.2 Å². The third kappa shape index (κ3) is 3.45. The molecule has 0 heterocycles. The molecule has 6 nitrogen and oxygen atoms in total. The van der Waals surface area contributed by atoms with Crippen molar-refractivity contribution in [3.8, 4) is 0 Å². The summed E-state index contributed by atoms with van der Waals surface area (Å²) in [6.45, 7) is 1.26. The first kappa shape index (κ1) is 16.4. The Morgan fingerprint density at radius 2 is 2.00 bits per heavy atom. The van der Waals surface area contributed by atoms with Crippen LogP contribution >= 0.6 is 11.6 Å². The van der Waals surface area contributed by atoms with Crippen LogP contribution in [0.1, 0.15) is 17.3 Å². The van der Waals surface area contributed by atoms with Crippen molar-refractivity contribution in [1.29, 1.82) is 0 Å². The second kappa shape index (κ2) is 5.76. The molecule has 0 saturated heterocycles. The maximum atomic E-state index is 13.9. The number of halogens is 2. The lowest BCUT2D eigenvalue weighted by Gasteiger charge is -2.11. The van der Waals surface area contributed by atoms with Crippen molar-refractivity contribution >= 4 is 33.3 Å². The van der Waals surface area contributed by atoms with Crippen LogP contribution in [0.2, 0.25) is 5.02 Å². The Balaban J connectivity index is 3.39. The van der Waals surface area contributed by atoms with E-state index in [1.165, 1.54) is 6.92 Å². The van der Waals surface area contributed by atoms with E-state index in [4.69, 9.17) is 22.4 Å². The van der Waals surface area contributed by atoms with Gasteiger partial charge in [0.1, 0.15) is 4.90 Å². The smallest absolute Gasteiger partial charge is 0.338 e. The van der Waals surface area contributed by atoms with Crippen LogP contribution in [0.15, 0.2) is 17.0 Å². The van der Waals surface area contributed by atoms with Crippen molar-refractivity contribution in [2.75, 3.05) is 5.75 Å². The highest BCUT2D eigenvalue weighted by molar-refractivity contribution is 7.91. The normalized spacial score (nSPS) is 12.9. The summed E-state index contributed by atoms with van der Waals surface area (Å²) in [4.78, 5) is 20.8. The number of carboxylic acid groups (broad SMARTS) is 1. The minimum Gasteiger partial charge on any atom is -0.478 e. The van der Waals surface area contributed by atoms with Gasteiger partial charge in [0.25, 0.3) is 0 Å². The molecule has 1 amide bonds.